The van der Waals surface area contributed by atoms with E-state index in [9.17, 15) is 9.59 Å². The molecule has 3 N–H and O–H groups in total. The number of hydrogen-bond donors (Lipinski definition) is 3. The second-order valence-corrected chi connectivity index (χ2v) is 5.08. The van der Waals surface area contributed by atoms with Crippen LogP contribution in [0, 0.1) is 12.8 Å². The summed E-state index contributed by atoms with van der Waals surface area (Å²) in [5.74, 6) is -1.28. The van der Waals surface area contributed by atoms with E-state index in [0.717, 1.165) is 30.9 Å². The van der Waals surface area contributed by atoms with Crippen molar-refractivity contribution in [1.82, 2.24) is 9.69 Å². The number of piperidine rings is 1. The number of nitrogens with one attached hydrogen (secondary N) is 2. The summed E-state index contributed by atoms with van der Waals surface area (Å²) in [7, 11) is 0. The zero-order valence-electron chi connectivity index (χ0n) is 10.0. The maximum absolute atomic E-state index is 12.0. The Hall–Kier alpha value is -1.47. The van der Waals surface area contributed by atoms with Gasteiger partial charge >= 0.3 is 5.97 Å². The molecule has 1 amide bonds. The van der Waals surface area contributed by atoms with Crippen LogP contribution in [0.3, 0.4) is 0 Å². The smallest absolute Gasteiger partial charge is 0.340 e. The Bertz CT molecular complexity index is 466. The fourth-order valence-corrected chi connectivity index (χ4v) is 2.79. The van der Waals surface area contributed by atoms with Gasteiger partial charge < -0.3 is 15.7 Å². The van der Waals surface area contributed by atoms with E-state index in [1.807, 2.05) is 0 Å². The van der Waals surface area contributed by atoms with E-state index in [4.69, 9.17) is 5.11 Å². The van der Waals surface area contributed by atoms with E-state index >= 15 is 0 Å². The van der Waals surface area contributed by atoms with Crippen LogP contribution in [0.25, 0.3) is 0 Å². The van der Waals surface area contributed by atoms with Crippen molar-refractivity contribution in [2.75, 3.05) is 18.4 Å². The first-order valence-corrected chi connectivity index (χ1v) is 6.58. The highest BCUT2D eigenvalue weighted by atomic mass is 32.1. The summed E-state index contributed by atoms with van der Waals surface area (Å²) in [6.07, 6.45) is 1.80. The molecule has 0 saturated carbocycles. The number of amides is 1. The van der Waals surface area contributed by atoms with Crippen molar-refractivity contribution in [2.45, 2.75) is 19.8 Å². The molecule has 7 heteroatoms. The summed E-state index contributed by atoms with van der Waals surface area (Å²) >= 11 is 1.01. The number of carboxylic acids is 1. The molecule has 0 aromatic carbocycles. The molecular formula is C11H15N3O3S. The fraction of sp³-hybridized carbons (Fsp3) is 0.545. The van der Waals surface area contributed by atoms with E-state index in [2.05, 4.69) is 15.0 Å². The van der Waals surface area contributed by atoms with Crippen LogP contribution < -0.4 is 10.6 Å². The highest BCUT2D eigenvalue weighted by Gasteiger charge is 2.24. The molecule has 1 atom stereocenters. The lowest BCUT2D eigenvalue weighted by atomic mass is 9.99. The molecule has 0 bridgehead atoms. The van der Waals surface area contributed by atoms with E-state index in [1.54, 1.807) is 6.92 Å². The van der Waals surface area contributed by atoms with Gasteiger partial charge in [-0.1, -0.05) is 0 Å². The first-order chi connectivity index (χ1) is 8.59. The number of hydrogen-bond acceptors (Lipinski definition) is 5. The van der Waals surface area contributed by atoms with Gasteiger partial charge in [-0.2, -0.15) is 4.37 Å². The number of rotatable bonds is 3. The zero-order valence-corrected chi connectivity index (χ0v) is 10.8. The van der Waals surface area contributed by atoms with Gasteiger partial charge in [0.25, 0.3) is 0 Å². The predicted octanol–water partition coefficient (Wildman–Crippen LogP) is 1.09. The SMILES string of the molecule is Cc1nsc(NC(=O)[C@@H]2CCCNC2)c1C(=O)O. The molecule has 1 fully saturated rings. The van der Waals surface area contributed by atoms with Crippen molar-refractivity contribution in [3.05, 3.63) is 11.3 Å². The minimum Gasteiger partial charge on any atom is -0.478 e. The topological polar surface area (TPSA) is 91.3 Å². The molecule has 1 saturated heterocycles. The van der Waals surface area contributed by atoms with Crippen molar-refractivity contribution in [3.63, 3.8) is 0 Å². The predicted molar refractivity (Wildman–Crippen MR) is 68.0 cm³/mol. The third kappa shape index (κ3) is 2.68. The van der Waals surface area contributed by atoms with Crippen molar-refractivity contribution in [1.29, 1.82) is 0 Å². The number of carbonyl (C=O) groups excluding carboxylic acids is 1. The normalized spacial score (nSPS) is 19.5. The van der Waals surface area contributed by atoms with Gasteiger partial charge in [-0.3, -0.25) is 4.79 Å². The second-order valence-electron chi connectivity index (χ2n) is 4.31. The van der Waals surface area contributed by atoms with Gasteiger partial charge in [-0.15, -0.1) is 0 Å². The van der Waals surface area contributed by atoms with Gasteiger partial charge in [0.2, 0.25) is 5.91 Å². The number of carbonyl (C=O) groups is 2. The largest absolute Gasteiger partial charge is 0.478 e. The van der Waals surface area contributed by atoms with E-state index in [1.165, 1.54) is 0 Å². The average molecular weight is 269 g/mol. The molecule has 6 nitrogen and oxygen atoms in total. The van der Waals surface area contributed by atoms with Gasteiger partial charge in [0.15, 0.2) is 0 Å². The van der Waals surface area contributed by atoms with Crippen LogP contribution >= 0.6 is 11.5 Å². The number of aromatic nitrogens is 1. The Morgan fingerprint density at radius 1 is 1.56 bits per heavy atom. The third-order valence-corrected chi connectivity index (χ3v) is 3.83. The maximum Gasteiger partial charge on any atom is 0.340 e. The van der Waals surface area contributed by atoms with Crippen LogP contribution in [0.15, 0.2) is 0 Å². The summed E-state index contributed by atoms with van der Waals surface area (Å²) in [5.41, 5.74) is 0.529. The molecule has 2 heterocycles. The molecule has 2 rings (SSSR count). The number of aromatic carboxylic acids is 1. The molecule has 0 spiro atoms. The Balaban J connectivity index is 2.09. The number of nitrogens with zero attached hydrogens (tertiary/aromatic N) is 1. The molecule has 0 radical (unpaired) electrons. The van der Waals surface area contributed by atoms with Crippen LogP contribution in [-0.4, -0.2) is 34.4 Å². The van der Waals surface area contributed by atoms with Crippen molar-refractivity contribution < 1.29 is 14.7 Å². The van der Waals surface area contributed by atoms with Crippen molar-refractivity contribution in [3.8, 4) is 0 Å². The van der Waals surface area contributed by atoms with Gasteiger partial charge in [0.05, 0.1) is 11.6 Å². The highest BCUT2D eigenvalue weighted by molar-refractivity contribution is 7.11. The van der Waals surface area contributed by atoms with E-state index in [-0.39, 0.29) is 17.4 Å². The summed E-state index contributed by atoms with van der Waals surface area (Å²) < 4.78 is 3.97. The van der Waals surface area contributed by atoms with E-state index in [0.29, 0.717) is 17.2 Å². The van der Waals surface area contributed by atoms with Crippen molar-refractivity contribution >= 4 is 28.4 Å². The standard InChI is InChI=1S/C11H15N3O3S/c1-6-8(11(16)17)10(18-14-6)13-9(15)7-3-2-4-12-5-7/h7,12H,2-5H2,1H3,(H,13,15)(H,16,17)/t7-/m1/s1. The minimum atomic E-state index is -1.06. The molecule has 1 aromatic rings. The molecule has 1 aliphatic rings. The summed E-state index contributed by atoms with van der Waals surface area (Å²) in [6.45, 7) is 3.20. The molecular weight excluding hydrogens is 254 g/mol. The third-order valence-electron chi connectivity index (χ3n) is 2.98. The summed E-state index contributed by atoms with van der Waals surface area (Å²) in [5, 5.41) is 15.2. The molecule has 0 aliphatic carbocycles. The van der Waals surface area contributed by atoms with Crippen LogP contribution in [0.2, 0.25) is 0 Å². The monoisotopic (exact) mass is 269 g/mol. The molecule has 1 aliphatic heterocycles. The zero-order chi connectivity index (χ0) is 13.1. The Morgan fingerprint density at radius 3 is 2.94 bits per heavy atom. The molecule has 18 heavy (non-hydrogen) atoms. The molecule has 1 aromatic heterocycles. The quantitative estimate of drug-likeness (QED) is 0.764. The minimum absolute atomic E-state index is 0.0946. The second kappa shape index (κ2) is 5.45. The van der Waals surface area contributed by atoms with E-state index < -0.39 is 5.97 Å². The molecule has 0 unspecified atom stereocenters. The van der Waals surface area contributed by atoms with Gasteiger partial charge in [-0.25, -0.2) is 4.79 Å². The van der Waals surface area contributed by atoms with Crippen LogP contribution in [-0.2, 0) is 4.79 Å². The summed E-state index contributed by atoms with van der Waals surface area (Å²) in [6, 6.07) is 0. The number of aryl methyl sites for hydroxylation is 1. The van der Waals surface area contributed by atoms with Crippen LogP contribution in [0.1, 0.15) is 28.9 Å². The lowest BCUT2D eigenvalue weighted by Crippen LogP contribution is -2.37. The fourth-order valence-electron chi connectivity index (χ4n) is 2.00. The highest BCUT2D eigenvalue weighted by Crippen LogP contribution is 2.25. The van der Waals surface area contributed by atoms with Crippen LogP contribution in [0.4, 0.5) is 5.00 Å². The Kier molecular flexibility index (Phi) is 3.93. The van der Waals surface area contributed by atoms with Crippen molar-refractivity contribution in [2.24, 2.45) is 5.92 Å². The lowest BCUT2D eigenvalue weighted by Gasteiger charge is -2.21. The average Bonchev–Trinajstić information content (AvgIpc) is 2.71. The first kappa shape index (κ1) is 13.0. The van der Waals surface area contributed by atoms with Gasteiger partial charge in [-0.05, 0) is 37.8 Å². The lowest BCUT2D eigenvalue weighted by molar-refractivity contribution is -0.120. The Morgan fingerprint density at radius 2 is 2.33 bits per heavy atom. The molecule has 98 valence electrons. The number of anilines is 1. The maximum atomic E-state index is 12.0. The van der Waals surface area contributed by atoms with Gasteiger partial charge in [0.1, 0.15) is 10.6 Å². The first-order valence-electron chi connectivity index (χ1n) is 5.80. The van der Waals surface area contributed by atoms with Gasteiger partial charge in [0, 0.05) is 6.54 Å². The van der Waals surface area contributed by atoms with Crippen LogP contribution in [0.5, 0.6) is 0 Å². The Labute approximate surface area is 109 Å². The summed E-state index contributed by atoms with van der Waals surface area (Å²) in [4.78, 5) is 23.1. The number of carboxylic acid groups (broad SMARTS) is 1.